The number of amides is 1. The molecule has 0 aromatic heterocycles. The molecule has 0 spiro atoms. The van der Waals surface area contributed by atoms with Gasteiger partial charge in [-0.2, -0.15) is 5.10 Å². The van der Waals surface area contributed by atoms with Crippen molar-refractivity contribution in [3.63, 3.8) is 0 Å². The number of hydrogen-bond acceptors (Lipinski definition) is 3. The first kappa shape index (κ1) is 14.9. The summed E-state index contributed by atoms with van der Waals surface area (Å²) >= 11 is 12.0. The van der Waals surface area contributed by atoms with E-state index in [0.717, 1.165) is 11.3 Å². The topological polar surface area (TPSA) is 41.9 Å². The number of ether oxygens (including phenoxy) is 1. The molecule has 3 rings (SSSR count). The summed E-state index contributed by atoms with van der Waals surface area (Å²) in [4.78, 5) is 12.2. The molecule has 1 aliphatic heterocycles. The van der Waals surface area contributed by atoms with Crippen LogP contribution in [-0.4, -0.2) is 18.7 Å². The summed E-state index contributed by atoms with van der Waals surface area (Å²) in [5.74, 6) is 0.635. The molecule has 4 nitrogen and oxygen atoms in total. The minimum absolute atomic E-state index is 0.121. The molecule has 0 saturated heterocycles. The van der Waals surface area contributed by atoms with Gasteiger partial charge in [0.1, 0.15) is 5.75 Å². The number of anilines is 1. The van der Waals surface area contributed by atoms with Gasteiger partial charge in [0.25, 0.3) is 5.91 Å². The molecular formula is C16H12Cl2N2O2. The molecule has 0 radical (unpaired) electrons. The lowest BCUT2D eigenvalue weighted by atomic mass is 10.1. The highest BCUT2D eigenvalue weighted by molar-refractivity contribution is 6.35. The molecule has 2 aromatic carbocycles. The SMILES string of the molecule is COc1ccc(C2=NN(c3cc(Cl)cc(Cl)c3)C(=O)C2)cc1. The van der Waals surface area contributed by atoms with Gasteiger partial charge in [-0.05, 0) is 48.0 Å². The highest BCUT2D eigenvalue weighted by Crippen LogP contribution is 2.29. The van der Waals surface area contributed by atoms with Crippen molar-refractivity contribution in [2.75, 3.05) is 12.1 Å². The van der Waals surface area contributed by atoms with Crippen LogP contribution in [-0.2, 0) is 4.79 Å². The normalized spacial score (nSPS) is 14.2. The van der Waals surface area contributed by atoms with Gasteiger partial charge in [0.05, 0.1) is 24.9 Å². The summed E-state index contributed by atoms with van der Waals surface area (Å²) in [6, 6.07) is 12.3. The van der Waals surface area contributed by atoms with E-state index >= 15 is 0 Å². The van der Waals surface area contributed by atoms with E-state index in [-0.39, 0.29) is 12.3 Å². The molecule has 1 amide bonds. The Kier molecular flexibility index (Phi) is 4.05. The lowest BCUT2D eigenvalue weighted by molar-refractivity contribution is -0.116. The van der Waals surface area contributed by atoms with Gasteiger partial charge in [0.2, 0.25) is 0 Å². The van der Waals surface area contributed by atoms with E-state index in [1.165, 1.54) is 5.01 Å². The first-order chi connectivity index (χ1) is 10.6. The predicted octanol–water partition coefficient (Wildman–Crippen LogP) is 4.14. The Hall–Kier alpha value is -2.04. The van der Waals surface area contributed by atoms with Crippen LogP contribution < -0.4 is 9.75 Å². The van der Waals surface area contributed by atoms with Crippen LogP contribution in [0.5, 0.6) is 5.75 Å². The van der Waals surface area contributed by atoms with Crippen LogP contribution in [0.2, 0.25) is 10.0 Å². The number of halogens is 2. The van der Waals surface area contributed by atoms with Gasteiger partial charge < -0.3 is 4.74 Å². The number of benzene rings is 2. The maximum absolute atomic E-state index is 12.2. The van der Waals surface area contributed by atoms with Crippen LogP contribution in [0.4, 0.5) is 5.69 Å². The van der Waals surface area contributed by atoms with E-state index in [2.05, 4.69) is 5.10 Å². The second-order valence-corrected chi connectivity index (χ2v) is 5.66. The third-order valence-electron chi connectivity index (χ3n) is 3.29. The molecule has 0 aliphatic carbocycles. The first-order valence-corrected chi connectivity index (χ1v) is 7.33. The molecule has 0 saturated carbocycles. The van der Waals surface area contributed by atoms with Crippen molar-refractivity contribution in [2.45, 2.75) is 6.42 Å². The highest BCUT2D eigenvalue weighted by atomic mass is 35.5. The Labute approximate surface area is 137 Å². The van der Waals surface area contributed by atoms with Crippen molar-refractivity contribution in [3.8, 4) is 5.75 Å². The molecule has 112 valence electrons. The number of carbonyl (C=O) groups is 1. The fraction of sp³-hybridized carbons (Fsp3) is 0.125. The van der Waals surface area contributed by atoms with Gasteiger partial charge in [-0.25, -0.2) is 5.01 Å². The summed E-state index contributed by atoms with van der Waals surface area (Å²) in [6.07, 6.45) is 0.233. The van der Waals surface area contributed by atoms with E-state index in [4.69, 9.17) is 27.9 Å². The molecule has 0 bridgehead atoms. The number of nitrogens with zero attached hydrogens (tertiary/aromatic N) is 2. The Balaban J connectivity index is 1.93. The molecule has 0 atom stereocenters. The number of hydrazone groups is 1. The zero-order valence-electron chi connectivity index (χ0n) is 11.7. The summed E-state index contributed by atoms with van der Waals surface area (Å²) in [7, 11) is 1.61. The van der Waals surface area contributed by atoms with Crippen molar-refractivity contribution in [1.82, 2.24) is 0 Å². The van der Waals surface area contributed by atoms with Crippen LogP contribution >= 0.6 is 23.2 Å². The molecule has 6 heteroatoms. The first-order valence-electron chi connectivity index (χ1n) is 6.58. The zero-order chi connectivity index (χ0) is 15.7. The number of methoxy groups -OCH3 is 1. The molecule has 22 heavy (non-hydrogen) atoms. The largest absolute Gasteiger partial charge is 0.497 e. The summed E-state index contributed by atoms with van der Waals surface area (Å²) < 4.78 is 5.12. The van der Waals surface area contributed by atoms with E-state index in [1.54, 1.807) is 25.3 Å². The van der Waals surface area contributed by atoms with Crippen LogP contribution in [0, 0.1) is 0 Å². The third-order valence-corrected chi connectivity index (χ3v) is 3.73. The van der Waals surface area contributed by atoms with Gasteiger partial charge in [-0.1, -0.05) is 23.2 Å². The van der Waals surface area contributed by atoms with Crippen LogP contribution in [0.3, 0.4) is 0 Å². The molecule has 1 heterocycles. The van der Waals surface area contributed by atoms with E-state index in [0.29, 0.717) is 21.4 Å². The Morgan fingerprint density at radius 3 is 2.32 bits per heavy atom. The molecule has 0 fully saturated rings. The van der Waals surface area contributed by atoms with E-state index in [1.807, 2.05) is 24.3 Å². The number of carbonyl (C=O) groups excluding carboxylic acids is 1. The van der Waals surface area contributed by atoms with Gasteiger partial charge in [-0.3, -0.25) is 4.79 Å². The maximum Gasteiger partial charge on any atom is 0.253 e. The lowest BCUT2D eigenvalue weighted by Crippen LogP contribution is -2.19. The Morgan fingerprint density at radius 1 is 1.09 bits per heavy atom. The summed E-state index contributed by atoms with van der Waals surface area (Å²) in [5, 5.41) is 6.64. The van der Waals surface area contributed by atoms with Gasteiger partial charge in [-0.15, -0.1) is 0 Å². The zero-order valence-corrected chi connectivity index (χ0v) is 13.2. The molecule has 2 aromatic rings. The van der Waals surface area contributed by atoms with Gasteiger partial charge in [0, 0.05) is 10.0 Å². The van der Waals surface area contributed by atoms with Gasteiger partial charge in [0.15, 0.2) is 0 Å². The monoisotopic (exact) mass is 334 g/mol. The summed E-state index contributed by atoms with van der Waals surface area (Å²) in [6.45, 7) is 0. The summed E-state index contributed by atoms with van der Waals surface area (Å²) in [5.41, 5.74) is 2.14. The van der Waals surface area contributed by atoms with Crippen molar-refractivity contribution in [1.29, 1.82) is 0 Å². The highest BCUT2D eigenvalue weighted by Gasteiger charge is 2.26. The minimum atomic E-state index is -0.121. The van der Waals surface area contributed by atoms with Crippen molar-refractivity contribution >= 4 is 40.5 Å². The second kappa shape index (κ2) is 5.99. The Bertz CT molecular complexity index is 737. The Morgan fingerprint density at radius 2 is 1.73 bits per heavy atom. The third kappa shape index (κ3) is 2.93. The maximum atomic E-state index is 12.2. The lowest BCUT2D eigenvalue weighted by Gasteiger charge is -2.12. The van der Waals surface area contributed by atoms with Crippen LogP contribution in [0.1, 0.15) is 12.0 Å². The quantitative estimate of drug-likeness (QED) is 0.846. The predicted molar refractivity (Wildman–Crippen MR) is 88.1 cm³/mol. The van der Waals surface area contributed by atoms with Crippen LogP contribution in [0.15, 0.2) is 47.6 Å². The average Bonchev–Trinajstić information content (AvgIpc) is 2.88. The van der Waals surface area contributed by atoms with Crippen molar-refractivity contribution < 1.29 is 9.53 Å². The smallest absolute Gasteiger partial charge is 0.253 e. The average molecular weight is 335 g/mol. The van der Waals surface area contributed by atoms with E-state index < -0.39 is 0 Å². The van der Waals surface area contributed by atoms with E-state index in [9.17, 15) is 4.79 Å². The number of hydrogen-bond donors (Lipinski definition) is 0. The van der Waals surface area contributed by atoms with Gasteiger partial charge >= 0.3 is 0 Å². The molecule has 1 aliphatic rings. The van der Waals surface area contributed by atoms with Crippen molar-refractivity contribution in [2.24, 2.45) is 5.10 Å². The molecular weight excluding hydrogens is 323 g/mol. The molecule has 0 unspecified atom stereocenters. The van der Waals surface area contributed by atoms with Crippen LogP contribution in [0.25, 0.3) is 0 Å². The fourth-order valence-electron chi connectivity index (χ4n) is 2.24. The van der Waals surface area contributed by atoms with Crippen molar-refractivity contribution in [3.05, 3.63) is 58.1 Å². The number of rotatable bonds is 3. The molecule has 0 N–H and O–H groups in total. The standard InChI is InChI=1S/C16H12Cl2N2O2/c1-22-14-4-2-10(3-5-14)15-9-16(21)20(19-15)13-7-11(17)6-12(18)8-13/h2-8H,9H2,1H3. The second-order valence-electron chi connectivity index (χ2n) is 4.79. The minimum Gasteiger partial charge on any atom is -0.497 e. The fourth-order valence-corrected chi connectivity index (χ4v) is 2.75.